The molecule has 3 aromatic rings. The molecule has 0 fully saturated rings. The maximum absolute atomic E-state index is 12.5. The van der Waals surface area contributed by atoms with Crippen molar-refractivity contribution in [1.82, 2.24) is 5.43 Å². The maximum atomic E-state index is 12.5. The number of nitrogens with zero attached hydrogens (tertiary/aromatic N) is 1. The number of methoxy groups -OCH3 is 1. The van der Waals surface area contributed by atoms with Gasteiger partial charge in [0, 0.05) is 10.0 Å². The number of carbonyl (C=O) groups excluding carboxylic acids is 2. The van der Waals surface area contributed by atoms with E-state index in [0.29, 0.717) is 23.5 Å². The molecule has 1 N–H and O–H groups in total. The zero-order valence-corrected chi connectivity index (χ0v) is 21.1. The van der Waals surface area contributed by atoms with Crippen molar-refractivity contribution in [3.8, 4) is 17.2 Å². The third-order valence-corrected chi connectivity index (χ3v) is 5.45. The smallest absolute Gasteiger partial charge is 0.345 e. The molecule has 0 atom stereocenters. The Morgan fingerprint density at radius 1 is 1.09 bits per heavy atom. The van der Waals surface area contributed by atoms with Gasteiger partial charge in [-0.15, -0.1) is 6.58 Å². The molecule has 3 aromatic carbocycles. The van der Waals surface area contributed by atoms with Crippen LogP contribution in [0.15, 0.2) is 82.9 Å². The minimum Gasteiger partial charge on any atom is -0.493 e. The molecule has 0 bridgehead atoms. The van der Waals surface area contributed by atoms with Crippen LogP contribution >= 0.6 is 27.5 Å². The normalized spacial score (nSPS) is 10.6. The first-order valence-electron chi connectivity index (χ1n) is 10.4. The molecule has 0 heterocycles. The lowest BCUT2D eigenvalue weighted by Crippen LogP contribution is -2.24. The third kappa shape index (κ3) is 7.43. The number of hydrazone groups is 1. The molecule has 0 aliphatic rings. The fourth-order valence-corrected chi connectivity index (χ4v) is 3.56. The van der Waals surface area contributed by atoms with Gasteiger partial charge < -0.3 is 14.2 Å². The summed E-state index contributed by atoms with van der Waals surface area (Å²) >= 11 is 9.45. The zero-order valence-electron chi connectivity index (χ0n) is 18.8. The average molecular weight is 558 g/mol. The summed E-state index contributed by atoms with van der Waals surface area (Å²) in [5, 5.41) is 4.23. The second-order valence-electron chi connectivity index (χ2n) is 7.11. The summed E-state index contributed by atoms with van der Waals surface area (Å²) in [6.07, 6.45) is 3.84. The van der Waals surface area contributed by atoms with Crippen molar-refractivity contribution in [2.75, 3.05) is 13.7 Å². The van der Waals surface area contributed by atoms with Crippen LogP contribution in [-0.2, 0) is 11.2 Å². The van der Waals surface area contributed by atoms with Gasteiger partial charge in [-0.3, -0.25) is 4.79 Å². The van der Waals surface area contributed by atoms with Crippen molar-refractivity contribution >= 4 is 45.6 Å². The summed E-state index contributed by atoms with van der Waals surface area (Å²) < 4.78 is 17.1. The minimum absolute atomic E-state index is 0.235. The van der Waals surface area contributed by atoms with Crippen LogP contribution in [0.1, 0.15) is 21.5 Å². The maximum Gasteiger partial charge on any atom is 0.345 e. The number of nitrogens with one attached hydrogen (secondary N) is 1. The predicted molar refractivity (Wildman–Crippen MR) is 139 cm³/mol. The molecule has 1 amide bonds. The van der Waals surface area contributed by atoms with Gasteiger partial charge in [0.1, 0.15) is 5.75 Å². The number of amides is 1. The monoisotopic (exact) mass is 556 g/mol. The van der Waals surface area contributed by atoms with Crippen LogP contribution in [0, 0.1) is 0 Å². The van der Waals surface area contributed by atoms with E-state index in [1.54, 1.807) is 54.6 Å². The van der Waals surface area contributed by atoms with Gasteiger partial charge >= 0.3 is 5.97 Å². The molecule has 0 aromatic heterocycles. The van der Waals surface area contributed by atoms with Gasteiger partial charge in [-0.1, -0.05) is 51.8 Å². The highest BCUT2D eigenvalue weighted by Gasteiger charge is 2.14. The molecule has 180 valence electrons. The number of hydrogen-bond donors (Lipinski definition) is 1. The number of allylic oxidation sites excluding steroid dienone is 1. The third-order valence-electron chi connectivity index (χ3n) is 4.63. The largest absolute Gasteiger partial charge is 0.493 e. The summed E-state index contributed by atoms with van der Waals surface area (Å²) in [6, 6.07) is 17.0. The Bertz CT molecular complexity index is 1260. The molecular weight excluding hydrogens is 536 g/mol. The summed E-state index contributed by atoms with van der Waals surface area (Å²) in [5.74, 6) is 0.0952. The van der Waals surface area contributed by atoms with Crippen molar-refractivity contribution < 1.29 is 23.8 Å². The first-order chi connectivity index (χ1) is 16.9. The Kier molecular flexibility index (Phi) is 9.46. The highest BCUT2D eigenvalue weighted by atomic mass is 79.9. The van der Waals surface area contributed by atoms with Gasteiger partial charge in [-0.05, 0) is 54.4 Å². The predicted octanol–water partition coefficient (Wildman–Crippen LogP) is 5.59. The summed E-state index contributed by atoms with van der Waals surface area (Å²) in [6.45, 7) is 3.44. The molecule has 0 unspecified atom stereocenters. The topological polar surface area (TPSA) is 86.2 Å². The molecule has 0 saturated heterocycles. The van der Waals surface area contributed by atoms with Gasteiger partial charge in [0.05, 0.1) is 23.9 Å². The van der Waals surface area contributed by atoms with E-state index >= 15 is 0 Å². The van der Waals surface area contributed by atoms with Crippen LogP contribution in [0.4, 0.5) is 0 Å². The van der Waals surface area contributed by atoms with Crippen molar-refractivity contribution in [1.29, 1.82) is 0 Å². The summed E-state index contributed by atoms with van der Waals surface area (Å²) in [4.78, 5) is 24.7. The fraction of sp³-hybridized carbons (Fsp3) is 0.115. The first kappa shape index (κ1) is 26.0. The number of esters is 1. The number of rotatable bonds is 10. The Labute approximate surface area is 216 Å². The molecule has 0 aliphatic carbocycles. The molecular formula is C26H22BrClN2O5. The van der Waals surface area contributed by atoms with Crippen molar-refractivity contribution in [3.05, 3.63) is 99.5 Å². The lowest BCUT2D eigenvalue weighted by molar-refractivity contribution is -0.123. The van der Waals surface area contributed by atoms with Gasteiger partial charge in [0.2, 0.25) is 0 Å². The van der Waals surface area contributed by atoms with Crippen molar-refractivity contribution in [3.63, 3.8) is 0 Å². The van der Waals surface area contributed by atoms with E-state index < -0.39 is 11.9 Å². The van der Waals surface area contributed by atoms with Crippen LogP contribution in [0.3, 0.4) is 0 Å². The first-order valence-corrected chi connectivity index (χ1v) is 11.6. The molecule has 0 saturated carbocycles. The van der Waals surface area contributed by atoms with Gasteiger partial charge in [-0.2, -0.15) is 5.10 Å². The second kappa shape index (κ2) is 12.7. The highest BCUT2D eigenvalue weighted by molar-refractivity contribution is 9.10. The van der Waals surface area contributed by atoms with Gasteiger partial charge in [0.15, 0.2) is 18.1 Å². The number of hydrogen-bond acceptors (Lipinski definition) is 6. The molecule has 0 radical (unpaired) electrons. The molecule has 0 spiro atoms. The van der Waals surface area contributed by atoms with E-state index in [4.69, 9.17) is 25.8 Å². The van der Waals surface area contributed by atoms with E-state index in [-0.39, 0.29) is 22.9 Å². The number of benzene rings is 3. The van der Waals surface area contributed by atoms with Crippen LogP contribution in [0.5, 0.6) is 17.2 Å². The Balaban J connectivity index is 1.62. The summed E-state index contributed by atoms with van der Waals surface area (Å²) in [5.41, 5.74) is 4.09. The lowest BCUT2D eigenvalue weighted by atomic mass is 10.1. The lowest BCUT2D eigenvalue weighted by Gasteiger charge is -2.11. The standard InChI is InChI=1S/C26H22BrClN2O5/c1-3-6-17-9-11-23(24(13-17)33-2)34-16-25(31)30-29-15-18-14-19(27)10-12-22(18)35-26(32)20-7-4-5-8-21(20)28/h3-5,7-15H,1,6,16H2,2H3,(H,30,31)/b29-15+. The SMILES string of the molecule is C=CCc1ccc(OCC(=O)N/N=C/c2cc(Br)ccc2OC(=O)c2ccccc2Cl)c(OC)c1. The Hall–Kier alpha value is -3.62. The van der Waals surface area contributed by atoms with Crippen LogP contribution in [-0.4, -0.2) is 31.8 Å². The molecule has 9 heteroatoms. The minimum atomic E-state index is -0.613. The number of ether oxygens (including phenoxy) is 3. The zero-order chi connectivity index (χ0) is 25.2. The van der Waals surface area contributed by atoms with Crippen molar-refractivity contribution in [2.45, 2.75) is 6.42 Å². The number of halogens is 2. The summed E-state index contributed by atoms with van der Waals surface area (Å²) in [7, 11) is 1.53. The van der Waals surface area contributed by atoms with Crippen LogP contribution in [0.2, 0.25) is 5.02 Å². The van der Waals surface area contributed by atoms with Gasteiger partial charge in [-0.25, -0.2) is 10.2 Å². The van der Waals surface area contributed by atoms with E-state index in [9.17, 15) is 9.59 Å². The van der Waals surface area contributed by atoms with Crippen LogP contribution in [0.25, 0.3) is 0 Å². The van der Waals surface area contributed by atoms with Crippen molar-refractivity contribution in [2.24, 2.45) is 5.10 Å². The Morgan fingerprint density at radius 3 is 2.60 bits per heavy atom. The van der Waals surface area contributed by atoms with E-state index in [1.807, 2.05) is 12.1 Å². The van der Waals surface area contributed by atoms with E-state index in [0.717, 1.165) is 10.0 Å². The molecule has 3 rings (SSSR count). The highest BCUT2D eigenvalue weighted by Crippen LogP contribution is 2.28. The van der Waals surface area contributed by atoms with Crippen LogP contribution < -0.4 is 19.6 Å². The second-order valence-corrected chi connectivity index (χ2v) is 8.43. The Morgan fingerprint density at radius 2 is 1.86 bits per heavy atom. The van der Waals surface area contributed by atoms with E-state index in [1.165, 1.54) is 13.3 Å². The molecule has 35 heavy (non-hydrogen) atoms. The van der Waals surface area contributed by atoms with E-state index in [2.05, 4.69) is 33.0 Å². The molecule has 7 nitrogen and oxygen atoms in total. The quantitative estimate of drug-likeness (QED) is 0.116. The average Bonchev–Trinajstić information content (AvgIpc) is 2.85. The number of carbonyl (C=O) groups is 2. The van der Waals surface area contributed by atoms with Gasteiger partial charge in [0.25, 0.3) is 5.91 Å². The fourth-order valence-electron chi connectivity index (χ4n) is 2.97. The molecule has 0 aliphatic heterocycles.